The number of methoxy groups -OCH3 is 1. The van der Waals surface area contributed by atoms with E-state index < -0.39 is 28.6 Å². The first-order valence-electron chi connectivity index (χ1n) is 6.20. The molecule has 0 bridgehead atoms. The number of carbonyl (C=O) groups is 2. The summed E-state index contributed by atoms with van der Waals surface area (Å²) in [6.07, 6.45) is -4.14. The lowest BCUT2D eigenvalue weighted by molar-refractivity contribution is -0.137. The summed E-state index contributed by atoms with van der Waals surface area (Å²) in [6, 6.07) is 2.84. The molecule has 9 heteroatoms. The Balaban J connectivity index is 2.67. The number of alkyl halides is 3. The Morgan fingerprint density at radius 3 is 2.55 bits per heavy atom. The highest BCUT2D eigenvalue weighted by Crippen LogP contribution is 2.36. The molecule has 0 fully saturated rings. The number of nitrogens with one attached hydrogen (secondary N) is 2. The van der Waals surface area contributed by atoms with E-state index in [-0.39, 0.29) is 12.2 Å². The highest BCUT2D eigenvalue weighted by molar-refractivity contribution is 6.39. The number of benzene rings is 1. The molecule has 0 aliphatic heterocycles. The fourth-order valence-corrected chi connectivity index (χ4v) is 1.73. The van der Waals surface area contributed by atoms with Gasteiger partial charge in [0.05, 0.1) is 10.6 Å². The van der Waals surface area contributed by atoms with Gasteiger partial charge in [-0.05, 0) is 24.6 Å². The zero-order valence-electron chi connectivity index (χ0n) is 11.6. The second-order valence-electron chi connectivity index (χ2n) is 4.25. The lowest BCUT2D eigenvalue weighted by Crippen LogP contribution is -2.36. The predicted octanol–water partition coefficient (Wildman–Crippen LogP) is 2.45. The number of hydrogen-bond donors (Lipinski definition) is 2. The Bertz CT molecular complexity index is 550. The van der Waals surface area contributed by atoms with Gasteiger partial charge in [0.25, 0.3) is 0 Å². The average Bonchev–Trinajstić information content (AvgIpc) is 2.44. The minimum Gasteiger partial charge on any atom is -0.385 e. The van der Waals surface area contributed by atoms with E-state index in [1.165, 1.54) is 13.2 Å². The molecule has 1 aromatic carbocycles. The lowest BCUT2D eigenvalue weighted by Gasteiger charge is -2.11. The maximum absolute atomic E-state index is 12.7. The van der Waals surface area contributed by atoms with Gasteiger partial charge in [0.1, 0.15) is 0 Å². The average molecular weight is 339 g/mol. The first-order valence-corrected chi connectivity index (χ1v) is 6.58. The number of ether oxygens (including phenoxy) is 1. The quantitative estimate of drug-likeness (QED) is 0.640. The molecule has 0 aliphatic rings. The Kier molecular flexibility index (Phi) is 6.63. The zero-order valence-corrected chi connectivity index (χ0v) is 12.3. The third kappa shape index (κ3) is 5.53. The van der Waals surface area contributed by atoms with E-state index in [2.05, 4.69) is 10.6 Å². The zero-order chi connectivity index (χ0) is 16.8. The first-order chi connectivity index (χ1) is 10.3. The highest BCUT2D eigenvalue weighted by Gasteiger charge is 2.33. The van der Waals surface area contributed by atoms with Gasteiger partial charge in [-0.25, -0.2) is 0 Å². The van der Waals surface area contributed by atoms with E-state index in [0.717, 1.165) is 6.07 Å². The Hall–Kier alpha value is -1.80. The van der Waals surface area contributed by atoms with Gasteiger partial charge in [0.15, 0.2) is 0 Å². The van der Waals surface area contributed by atoms with Gasteiger partial charge in [-0.3, -0.25) is 9.59 Å². The topological polar surface area (TPSA) is 67.4 Å². The van der Waals surface area contributed by atoms with Gasteiger partial charge in [-0.2, -0.15) is 13.2 Å². The third-order valence-electron chi connectivity index (χ3n) is 2.55. The molecule has 0 aromatic heterocycles. The minimum atomic E-state index is -4.65. The van der Waals surface area contributed by atoms with Crippen LogP contribution < -0.4 is 10.6 Å². The minimum absolute atomic E-state index is 0.172. The largest absolute Gasteiger partial charge is 0.417 e. The monoisotopic (exact) mass is 338 g/mol. The molecular weight excluding hydrogens is 325 g/mol. The number of halogens is 4. The van der Waals surface area contributed by atoms with Crippen LogP contribution in [0, 0.1) is 0 Å². The van der Waals surface area contributed by atoms with E-state index in [1.54, 1.807) is 0 Å². The van der Waals surface area contributed by atoms with Crippen LogP contribution in [0.4, 0.5) is 18.9 Å². The Morgan fingerprint density at radius 2 is 1.95 bits per heavy atom. The van der Waals surface area contributed by atoms with Crippen molar-refractivity contribution >= 4 is 29.1 Å². The van der Waals surface area contributed by atoms with Crippen LogP contribution in [-0.4, -0.2) is 32.1 Å². The second kappa shape index (κ2) is 8.00. The SMILES string of the molecule is COCCCNC(=O)C(=O)Nc1ccc(Cl)c(C(F)(F)F)c1. The summed E-state index contributed by atoms with van der Waals surface area (Å²) in [5, 5.41) is 3.90. The summed E-state index contributed by atoms with van der Waals surface area (Å²) in [5.74, 6) is -2.01. The van der Waals surface area contributed by atoms with Crippen molar-refractivity contribution in [3.05, 3.63) is 28.8 Å². The fourth-order valence-electron chi connectivity index (χ4n) is 1.51. The van der Waals surface area contributed by atoms with Gasteiger partial charge in [0.2, 0.25) is 0 Å². The van der Waals surface area contributed by atoms with Crippen LogP contribution in [0.15, 0.2) is 18.2 Å². The van der Waals surface area contributed by atoms with Crippen LogP contribution in [0.3, 0.4) is 0 Å². The maximum Gasteiger partial charge on any atom is 0.417 e. The molecule has 0 radical (unpaired) electrons. The van der Waals surface area contributed by atoms with Gasteiger partial charge < -0.3 is 15.4 Å². The smallest absolute Gasteiger partial charge is 0.385 e. The third-order valence-corrected chi connectivity index (χ3v) is 2.88. The molecule has 5 nitrogen and oxygen atoms in total. The molecule has 1 rings (SSSR count). The van der Waals surface area contributed by atoms with Crippen molar-refractivity contribution in [1.82, 2.24) is 5.32 Å². The summed E-state index contributed by atoms with van der Waals surface area (Å²) in [6.45, 7) is 0.628. The van der Waals surface area contributed by atoms with Crippen molar-refractivity contribution in [3.63, 3.8) is 0 Å². The molecule has 0 saturated carbocycles. The highest BCUT2D eigenvalue weighted by atomic mass is 35.5. The Labute approximate surface area is 129 Å². The number of carbonyl (C=O) groups excluding carboxylic acids is 2. The number of rotatable bonds is 5. The van der Waals surface area contributed by atoms with Crippen LogP contribution >= 0.6 is 11.6 Å². The predicted molar refractivity (Wildman–Crippen MR) is 74.6 cm³/mol. The molecule has 0 heterocycles. The molecule has 22 heavy (non-hydrogen) atoms. The molecule has 2 N–H and O–H groups in total. The van der Waals surface area contributed by atoms with E-state index in [0.29, 0.717) is 19.1 Å². The summed E-state index contributed by atoms with van der Waals surface area (Å²) >= 11 is 5.45. The fraction of sp³-hybridized carbons (Fsp3) is 0.385. The number of anilines is 1. The molecule has 0 aliphatic carbocycles. The van der Waals surface area contributed by atoms with Crippen molar-refractivity contribution in [2.75, 3.05) is 25.6 Å². The van der Waals surface area contributed by atoms with E-state index in [9.17, 15) is 22.8 Å². The molecule has 1 aromatic rings. The van der Waals surface area contributed by atoms with Gasteiger partial charge in [-0.1, -0.05) is 11.6 Å². The van der Waals surface area contributed by atoms with E-state index in [1.807, 2.05) is 0 Å². The molecule has 0 saturated heterocycles. The van der Waals surface area contributed by atoms with Crippen LogP contribution in [0.1, 0.15) is 12.0 Å². The van der Waals surface area contributed by atoms with Gasteiger partial charge in [0, 0.05) is 25.9 Å². The normalized spacial score (nSPS) is 11.1. The first kappa shape index (κ1) is 18.2. The maximum atomic E-state index is 12.7. The van der Waals surface area contributed by atoms with E-state index >= 15 is 0 Å². The Morgan fingerprint density at radius 1 is 1.27 bits per heavy atom. The number of hydrogen-bond acceptors (Lipinski definition) is 3. The van der Waals surface area contributed by atoms with Crippen LogP contribution in [0.5, 0.6) is 0 Å². The van der Waals surface area contributed by atoms with Crippen molar-refractivity contribution in [1.29, 1.82) is 0 Å². The van der Waals surface area contributed by atoms with E-state index in [4.69, 9.17) is 16.3 Å². The van der Waals surface area contributed by atoms with Crippen molar-refractivity contribution in [3.8, 4) is 0 Å². The standard InChI is InChI=1S/C13H14ClF3N2O3/c1-22-6-2-5-18-11(20)12(21)19-8-3-4-10(14)9(7-8)13(15,16)17/h3-4,7H,2,5-6H2,1H3,(H,18,20)(H,19,21). The number of amides is 2. The van der Waals surface area contributed by atoms with Crippen LogP contribution in [0.25, 0.3) is 0 Å². The summed E-state index contributed by atoms with van der Waals surface area (Å²) in [4.78, 5) is 23.0. The molecule has 122 valence electrons. The lowest BCUT2D eigenvalue weighted by atomic mass is 10.2. The molecule has 0 unspecified atom stereocenters. The summed E-state index contributed by atoms with van der Waals surface area (Å²) < 4.78 is 42.8. The van der Waals surface area contributed by atoms with Crippen LogP contribution in [0.2, 0.25) is 5.02 Å². The summed E-state index contributed by atoms with van der Waals surface area (Å²) in [7, 11) is 1.49. The van der Waals surface area contributed by atoms with Gasteiger partial charge >= 0.3 is 18.0 Å². The summed E-state index contributed by atoms with van der Waals surface area (Å²) in [5.41, 5.74) is -1.26. The van der Waals surface area contributed by atoms with Crippen molar-refractivity contribution < 1.29 is 27.5 Å². The molecule has 2 amide bonds. The van der Waals surface area contributed by atoms with Gasteiger partial charge in [-0.15, -0.1) is 0 Å². The van der Waals surface area contributed by atoms with Crippen molar-refractivity contribution in [2.24, 2.45) is 0 Å². The molecule has 0 atom stereocenters. The molecule has 0 spiro atoms. The van der Waals surface area contributed by atoms with Crippen molar-refractivity contribution in [2.45, 2.75) is 12.6 Å². The second-order valence-corrected chi connectivity index (χ2v) is 4.66. The van der Waals surface area contributed by atoms with Crippen LogP contribution in [-0.2, 0) is 20.5 Å². The molecular formula is C13H14ClF3N2O3.